The highest BCUT2D eigenvalue weighted by Crippen LogP contribution is 2.36. The minimum absolute atomic E-state index is 0.0335. The van der Waals surface area contributed by atoms with Crippen LogP contribution in [0.1, 0.15) is 44.3 Å². The lowest BCUT2D eigenvalue weighted by atomic mass is 10.1. The highest BCUT2D eigenvalue weighted by Gasteiger charge is 2.26. The number of hydrogen-bond acceptors (Lipinski definition) is 6. The van der Waals surface area contributed by atoms with Crippen molar-refractivity contribution in [3.63, 3.8) is 0 Å². The van der Waals surface area contributed by atoms with Gasteiger partial charge in [0, 0.05) is 30.9 Å². The molecule has 0 saturated carbocycles. The van der Waals surface area contributed by atoms with Crippen molar-refractivity contribution < 1.29 is 9.53 Å². The molecule has 0 unspecified atom stereocenters. The molecular formula is C20H28N4O2S. The van der Waals surface area contributed by atoms with E-state index >= 15 is 0 Å². The summed E-state index contributed by atoms with van der Waals surface area (Å²) in [5.74, 6) is 0.0335. The van der Waals surface area contributed by atoms with Crippen LogP contribution in [-0.2, 0) is 16.1 Å². The molecule has 0 aromatic carbocycles. The van der Waals surface area contributed by atoms with E-state index in [4.69, 9.17) is 9.72 Å². The molecule has 7 heteroatoms. The maximum Gasteiger partial charge on any atom is 0.220 e. The summed E-state index contributed by atoms with van der Waals surface area (Å²) in [5, 5.41) is 3.95. The molecule has 3 rings (SSSR count). The number of amides is 1. The molecule has 1 aliphatic rings. The van der Waals surface area contributed by atoms with E-state index in [0.717, 1.165) is 45.7 Å². The van der Waals surface area contributed by atoms with Crippen molar-refractivity contribution in [1.82, 2.24) is 15.3 Å². The summed E-state index contributed by atoms with van der Waals surface area (Å²) in [6, 6.07) is 4.17. The molecule has 3 heterocycles. The minimum atomic E-state index is 0.0335. The number of anilines is 1. The van der Waals surface area contributed by atoms with E-state index in [2.05, 4.69) is 41.2 Å². The van der Waals surface area contributed by atoms with Crippen LogP contribution in [0.3, 0.4) is 0 Å². The van der Waals surface area contributed by atoms with Gasteiger partial charge in [0.05, 0.1) is 29.3 Å². The van der Waals surface area contributed by atoms with Crippen LogP contribution >= 0.6 is 11.3 Å². The Kier molecular flexibility index (Phi) is 6.11. The fourth-order valence-corrected chi connectivity index (χ4v) is 4.51. The topological polar surface area (TPSA) is 67.4 Å². The maximum absolute atomic E-state index is 11.8. The number of hydrogen-bond donors (Lipinski definition) is 1. The summed E-state index contributed by atoms with van der Waals surface area (Å²) in [6.07, 6.45) is 0.822. The Morgan fingerprint density at radius 3 is 2.44 bits per heavy atom. The predicted octanol–water partition coefficient (Wildman–Crippen LogP) is 3.46. The highest BCUT2D eigenvalue weighted by molar-refractivity contribution is 7.19. The normalized spacial score (nSPS) is 20.0. The van der Waals surface area contributed by atoms with E-state index in [1.165, 1.54) is 0 Å². The summed E-state index contributed by atoms with van der Waals surface area (Å²) < 4.78 is 5.85. The van der Waals surface area contributed by atoms with Crippen molar-refractivity contribution in [2.24, 2.45) is 0 Å². The van der Waals surface area contributed by atoms with E-state index in [-0.39, 0.29) is 18.1 Å². The van der Waals surface area contributed by atoms with Crippen molar-refractivity contribution in [2.45, 2.75) is 59.8 Å². The Labute approximate surface area is 165 Å². The number of thiazole rings is 1. The largest absolute Gasteiger partial charge is 0.372 e. The van der Waals surface area contributed by atoms with E-state index in [1.807, 2.05) is 20.8 Å². The monoisotopic (exact) mass is 388 g/mol. The predicted molar refractivity (Wildman–Crippen MR) is 109 cm³/mol. The van der Waals surface area contributed by atoms with Crippen LogP contribution in [0.15, 0.2) is 12.1 Å². The number of carbonyl (C=O) groups is 1. The van der Waals surface area contributed by atoms with Gasteiger partial charge >= 0.3 is 0 Å². The Morgan fingerprint density at radius 2 is 1.85 bits per heavy atom. The van der Waals surface area contributed by atoms with Gasteiger partial charge in [-0.1, -0.05) is 18.3 Å². The van der Waals surface area contributed by atoms with Crippen LogP contribution in [0.4, 0.5) is 5.13 Å². The SMILES string of the molecule is CCC(=O)NCc1nc(N2C[C@@H](C)O[C@@H](C)C2)sc1-c1cc(C)nc(C)c1. The van der Waals surface area contributed by atoms with Crippen molar-refractivity contribution in [2.75, 3.05) is 18.0 Å². The second-order valence-corrected chi connectivity index (χ2v) is 8.18. The Morgan fingerprint density at radius 1 is 1.22 bits per heavy atom. The molecule has 1 fully saturated rings. The number of nitrogens with one attached hydrogen (secondary N) is 1. The Balaban J connectivity index is 1.96. The number of nitrogens with zero attached hydrogens (tertiary/aromatic N) is 3. The van der Waals surface area contributed by atoms with Crippen LogP contribution < -0.4 is 10.2 Å². The van der Waals surface area contributed by atoms with Gasteiger partial charge in [0.2, 0.25) is 5.91 Å². The fraction of sp³-hybridized carbons (Fsp3) is 0.550. The number of ether oxygens (including phenoxy) is 1. The zero-order chi connectivity index (χ0) is 19.6. The first-order valence-electron chi connectivity index (χ1n) is 9.48. The van der Waals surface area contributed by atoms with Crippen LogP contribution in [0, 0.1) is 13.8 Å². The van der Waals surface area contributed by atoms with Crippen LogP contribution in [0.5, 0.6) is 0 Å². The van der Waals surface area contributed by atoms with E-state index < -0.39 is 0 Å². The third-order valence-electron chi connectivity index (χ3n) is 4.49. The molecule has 1 N–H and O–H groups in total. The molecule has 0 bridgehead atoms. The van der Waals surface area contributed by atoms with Crippen LogP contribution in [0.2, 0.25) is 0 Å². The van der Waals surface area contributed by atoms with Crippen LogP contribution in [0.25, 0.3) is 10.4 Å². The average molecular weight is 389 g/mol. The summed E-state index contributed by atoms with van der Waals surface area (Å²) >= 11 is 1.68. The molecular weight excluding hydrogens is 360 g/mol. The van der Waals surface area contributed by atoms with Gasteiger partial charge in [0.15, 0.2) is 5.13 Å². The number of aryl methyl sites for hydroxylation is 2. The zero-order valence-electron chi connectivity index (χ0n) is 16.7. The van der Waals surface area contributed by atoms with E-state index in [1.54, 1.807) is 11.3 Å². The minimum Gasteiger partial charge on any atom is -0.372 e. The lowest BCUT2D eigenvalue weighted by Crippen LogP contribution is -2.45. The number of morpholine rings is 1. The third-order valence-corrected chi connectivity index (χ3v) is 5.70. The van der Waals surface area contributed by atoms with Gasteiger partial charge in [-0.15, -0.1) is 0 Å². The second kappa shape index (κ2) is 8.35. The molecule has 2 aromatic heterocycles. The van der Waals surface area contributed by atoms with E-state index in [0.29, 0.717) is 13.0 Å². The van der Waals surface area contributed by atoms with Gasteiger partial charge < -0.3 is 15.0 Å². The summed E-state index contributed by atoms with van der Waals surface area (Å²) in [5.41, 5.74) is 3.99. The fourth-order valence-electron chi connectivity index (χ4n) is 3.43. The van der Waals surface area contributed by atoms with Crippen molar-refractivity contribution in [3.8, 4) is 10.4 Å². The maximum atomic E-state index is 11.8. The quantitative estimate of drug-likeness (QED) is 0.850. The first-order valence-corrected chi connectivity index (χ1v) is 10.3. The number of carbonyl (C=O) groups excluding carboxylic acids is 1. The van der Waals surface area contributed by atoms with Crippen molar-refractivity contribution >= 4 is 22.4 Å². The standard InChI is InChI=1S/C20H28N4O2S/c1-6-18(25)21-9-17-19(16-7-12(2)22-13(3)8-16)27-20(23-17)24-10-14(4)26-15(5)11-24/h7-8,14-15H,6,9-11H2,1-5H3,(H,21,25)/t14-,15+. The Hall–Kier alpha value is -1.99. The number of aromatic nitrogens is 2. The molecule has 146 valence electrons. The lowest BCUT2D eigenvalue weighted by Gasteiger charge is -2.35. The Bertz CT molecular complexity index is 790. The lowest BCUT2D eigenvalue weighted by molar-refractivity contribution is -0.120. The van der Waals surface area contributed by atoms with Gasteiger partial charge in [-0.05, 0) is 45.4 Å². The van der Waals surface area contributed by atoms with Gasteiger partial charge in [-0.2, -0.15) is 0 Å². The average Bonchev–Trinajstić information content (AvgIpc) is 3.02. The smallest absolute Gasteiger partial charge is 0.220 e. The van der Waals surface area contributed by atoms with Gasteiger partial charge in [0.1, 0.15) is 0 Å². The molecule has 2 atom stereocenters. The zero-order valence-corrected chi connectivity index (χ0v) is 17.5. The van der Waals surface area contributed by atoms with Crippen molar-refractivity contribution in [1.29, 1.82) is 0 Å². The van der Waals surface area contributed by atoms with Gasteiger partial charge in [-0.25, -0.2) is 4.98 Å². The van der Waals surface area contributed by atoms with Crippen LogP contribution in [-0.4, -0.2) is 41.2 Å². The molecule has 0 aliphatic carbocycles. The first kappa shape index (κ1) is 19.8. The van der Waals surface area contributed by atoms with Gasteiger partial charge in [-0.3, -0.25) is 9.78 Å². The second-order valence-electron chi connectivity index (χ2n) is 7.20. The molecule has 6 nitrogen and oxygen atoms in total. The van der Waals surface area contributed by atoms with Crippen molar-refractivity contribution in [3.05, 3.63) is 29.2 Å². The third kappa shape index (κ3) is 4.84. The van der Waals surface area contributed by atoms with Gasteiger partial charge in [0.25, 0.3) is 0 Å². The first-order chi connectivity index (χ1) is 12.9. The summed E-state index contributed by atoms with van der Waals surface area (Å²) in [7, 11) is 0. The molecule has 1 aliphatic heterocycles. The molecule has 1 amide bonds. The number of pyridine rings is 1. The molecule has 0 radical (unpaired) electrons. The number of rotatable bonds is 5. The molecule has 2 aromatic rings. The molecule has 1 saturated heterocycles. The highest BCUT2D eigenvalue weighted by atomic mass is 32.1. The molecule has 27 heavy (non-hydrogen) atoms. The summed E-state index contributed by atoms with van der Waals surface area (Å²) in [6.45, 7) is 12.1. The summed E-state index contributed by atoms with van der Waals surface area (Å²) in [4.78, 5) is 24.5. The van der Waals surface area contributed by atoms with E-state index in [9.17, 15) is 4.79 Å². The molecule has 0 spiro atoms.